The standard InChI is InChI=1S/C21H28F3N5/c1-11(16-8-15(9-18(16)25)21(22,23)24)27-20-17-7-13(14-5-6-26-10-14)3-4-19(17)28-12(2)29-20/h4,8-9,11,13-14,16-17,26H,3,5-7,10,25H2,1-2H3,(H,27,28,29). The minimum absolute atomic E-state index is 0.0678. The highest BCUT2D eigenvalue weighted by molar-refractivity contribution is 6.02. The molecule has 29 heavy (non-hydrogen) atoms. The van der Waals surface area contributed by atoms with E-state index in [2.05, 4.69) is 21.7 Å². The van der Waals surface area contributed by atoms with Crippen molar-refractivity contribution in [3.05, 3.63) is 35.2 Å². The quantitative estimate of drug-likeness (QED) is 0.672. The van der Waals surface area contributed by atoms with Crippen LogP contribution in [0.1, 0.15) is 33.1 Å². The van der Waals surface area contributed by atoms with Gasteiger partial charge in [0.05, 0.1) is 17.5 Å². The molecule has 0 aromatic carbocycles. The fraction of sp³-hybridized carbons (Fsp3) is 0.619. The normalized spacial score (nSPS) is 34.7. The average molecular weight is 407 g/mol. The van der Waals surface area contributed by atoms with Crippen LogP contribution in [0.25, 0.3) is 0 Å². The molecule has 4 aliphatic rings. The first-order chi connectivity index (χ1) is 13.7. The van der Waals surface area contributed by atoms with Crippen LogP contribution < -0.4 is 16.4 Å². The van der Waals surface area contributed by atoms with Gasteiger partial charge in [-0.1, -0.05) is 12.2 Å². The van der Waals surface area contributed by atoms with E-state index in [-0.39, 0.29) is 11.6 Å². The molecule has 0 spiro atoms. The van der Waals surface area contributed by atoms with E-state index >= 15 is 0 Å². The number of hydrogen-bond acceptors (Lipinski definition) is 4. The molecule has 5 atom stereocenters. The maximum absolute atomic E-state index is 13.0. The summed E-state index contributed by atoms with van der Waals surface area (Å²) >= 11 is 0. The van der Waals surface area contributed by atoms with Gasteiger partial charge in [-0.15, -0.1) is 0 Å². The Labute approximate surface area is 169 Å². The van der Waals surface area contributed by atoms with E-state index in [0.29, 0.717) is 17.7 Å². The Morgan fingerprint density at radius 1 is 1.31 bits per heavy atom. The molecule has 2 aliphatic heterocycles. The molecule has 0 aromatic rings. The van der Waals surface area contributed by atoms with Crippen molar-refractivity contribution in [2.24, 2.45) is 39.4 Å². The van der Waals surface area contributed by atoms with Crippen molar-refractivity contribution in [3.63, 3.8) is 0 Å². The van der Waals surface area contributed by atoms with Crippen molar-refractivity contribution < 1.29 is 13.2 Å². The van der Waals surface area contributed by atoms with Crippen molar-refractivity contribution in [1.82, 2.24) is 10.6 Å². The van der Waals surface area contributed by atoms with Crippen LogP contribution in [0.5, 0.6) is 0 Å². The third kappa shape index (κ3) is 4.13. The Kier molecular flexibility index (Phi) is 5.31. The Morgan fingerprint density at radius 2 is 2.10 bits per heavy atom. The van der Waals surface area contributed by atoms with E-state index in [9.17, 15) is 13.2 Å². The van der Waals surface area contributed by atoms with Gasteiger partial charge in [0.2, 0.25) is 0 Å². The molecule has 1 saturated heterocycles. The molecule has 0 amide bonds. The number of nitrogens with one attached hydrogen (secondary N) is 2. The zero-order chi connectivity index (χ0) is 20.8. The van der Waals surface area contributed by atoms with Crippen LogP contribution in [-0.2, 0) is 0 Å². The van der Waals surface area contributed by atoms with Gasteiger partial charge in [-0.25, -0.2) is 4.99 Å². The van der Waals surface area contributed by atoms with Crippen LogP contribution in [0.4, 0.5) is 13.2 Å². The molecule has 158 valence electrons. The van der Waals surface area contributed by atoms with Crippen molar-refractivity contribution in [2.75, 3.05) is 13.1 Å². The van der Waals surface area contributed by atoms with Crippen molar-refractivity contribution in [1.29, 1.82) is 0 Å². The first-order valence-corrected chi connectivity index (χ1v) is 10.3. The lowest BCUT2D eigenvalue weighted by atomic mass is 9.76. The van der Waals surface area contributed by atoms with Gasteiger partial charge in [0.15, 0.2) is 0 Å². The topological polar surface area (TPSA) is 74.8 Å². The van der Waals surface area contributed by atoms with Crippen LogP contribution in [0.2, 0.25) is 0 Å². The third-order valence-corrected chi connectivity index (χ3v) is 6.49. The highest BCUT2D eigenvalue weighted by atomic mass is 19.4. The number of allylic oxidation sites excluding steroid dienone is 3. The Morgan fingerprint density at radius 3 is 2.76 bits per heavy atom. The van der Waals surface area contributed by atoms with Gasteiger partial charge in [-0.05, 0) is 64.1 Å². The molecule has 0 saturated carbocycles. The van der Waals surface area contributed by atoms with Gasteiger partial charge in [-0.2, -0.15) is 13.2 Å². The summed E-state index contributed by atoms with van der Waals surface area (Å²) in [4.78, 5) is 9.41. The lowest BCUT2D eigenvalue weighted by Crippen LogP contribution is -2.40. The van der Waals surface area contributed by atoms with Gasteiger partial charge in [-0.3, -0.25) is 4.99 Å². The lowest BCUT2D eigenvalue weighted by molar-refractivity contribution is -0.0881. The van der Waals surface area contributed by atoms with Crippen LogP contribution in [0, 0.1) is 23.7 Å². The van der Waals surface area contributed by atoms with E-state index in [1.54, 1.807) is 0 Å². The van der Waals surface area contributed by atoms with Gasteiger partial charge in [0.1, 0.15) is 11.7 Å². The monoisotopic (exact) mass is 407 g/mol. The van der Waals surface area contributed by atoms with Gasteiger partial charge in [0.25, 0.3) is 0 Å². The number of amidine groups is 2. The van der Waals surface area contributed by atoms with Crippen LogP contribution in [0.15, 0.2) is 45.2 Å². The van der Waals surface area contributed by atoms with Gasteiger partial charge in [0, 0.05) is 17.3 Å². The predicted molar refractivity (Wildman–Crippen MR) is 108 cm³/mol. The second-order valence-electron chi connectivity index (χ2n) is 8.54. The summed E-state index contributed by atoms with van der Waals surface area (Å²) in [6.45, 7) is 5.81. The molecule has 4 N–H and O–H groups in total. The van der Waals surface area contributed by atoms with E-state index < -0.39 is 23.7 Å². The van der Waals surface area contributed by atoms with Crippen molar-refractivity contribution in [2.45, 2.75) is 45.3 Å². The zero-order valence-corrected chi connectivity index (χ0v) is 16.8. The summed E-state index contributed by atoms with van der Waals surface area (Å²) in [5.41, 5.74) is 6.54. The molecule has 5 nitrogen and oxygen atoms in total. The summed E-state index contributed by atoms with van der Waals surface area (Å²) in [5.74, 6) is 2.21. The maximum atomic E-state index is 13.0. The number of nitrogens with zero attached hydrogens (tertiary/aromatic N) is 2. The molecule has 8 heteroatoms. The highest BCUT2D eigenvalue weighted by Gasteiger charge is 2.39. The molecule has 1 fully saturated rings. The highest BCUT2D eigenvalue weighted by Crippen LogP contribution is 2.39. The average Bonchev–Trinajstić information content (AvgIpc) is 3.30. The Balaban J connectivity index is 1.57. The van der Waals surface area contributed by atoms with E-state index in [4.69, 9.17) is 10.7 Å². The molecular formula is C21H28F3N5. The first kappa shape index (κ1) is 20.2. The molecular weight excluding hydrogens is 379 g/mol. The maximum Gasteiger partial charge on any atom is 0.416 e. The number of fused-ring (bicyclic) bond motifs is 1. The Hall–Kier alpha value is -2.09. The molecule has 4 rings (SSSR count). The molecule has 2 heterocycles. The molecule has 5 unspecified atom stereocenters. The molecule has 0 bridgehead atoms. The largest absolute Gasteiger partial charge is 0.416 e. The summed E-state index contributed by atoms with van der Waals surface area (Å²) in [6.07, 6.45) is 3.26. The summed E-state index contributed by atoms with van der Waals surface area (Å²) in [5, 5.41) is 6.79. The predicted octanol–water partition coefficient (Wildman–Crippen LogP) is 3.28. The second kappa shape index (κ2) is 7.63. The fourth-order valence-corrected chi connectivity index (χ4v) is 4.90. The van der Waals surface area contributed by atoms with Gasteiger partial charge < -0.3 is 16.4 Å². The third-order valence-electron chi connectivity index (χ3n) is 6.49. The van der Waals surface area contributed by atoms with Gasteiger partial charge >= 0.3 is 6.18 Å². The van der Waals surface area contributed by atoms with Crippen LogP contribution in [-0.4, -0.2) is 37.0 Å². The van der Waals surface area contributed by atoms with Crippen LogP contribution in [0.3, 0.4) is 0 Å². The molecule has 0 radical (unpaired) electrons. The van der Waals surface area contributed by atoms with E-state index in [1.165, 1.54) is 12.5 Å². The summed E-state index contributed by atoms with van der Waals surface area (Å²) < 4.78 is 39.1. The summed E-state index contributed by atoms with van der Waals surface area (Å²) in [6, 6.07) is -0.412. The van der Waals surface area contributed by atoms with Crippen molar-refractivity contribution >= 4 is 11.7 Å². The number of halogens is 3. The minimum Gasteiger partial charge on any atom is -0.401 e. The number of hydrogen-bond donors (Lipinski definition) is 3. The van der Waals surface area contributed by atoms with Crippen LogP contribution >= 0.6 is 0 Å². The molecule has 2 aliphatic carbocycles. The second-order valence-corrected chi connectivity index (χ2v) is 8.54. The first-order valence-electron chi connectivity index (χ1n) is 10.3. The fourth-order valence-electron chi connectivity index (χ4n) is 4.90. The smallest absolute Gasteiger partial charge is 0.401 e. The number of aliphatic imine (C=N–C) groups is 2. The number of alkyl halides is 3. The van der Waals surface area contributed by atoms with Crippen molar-refractivity contribution in [3.8, 4) is 0 Å². The minimum atomic E-state index is -4.39. The SMILES string of the molecule is CC1=NC(=NC(C)C2C=C(C(F)(F)F)C=C2N)C2CC(C3CCNC3)CC=C2N1. The summed E-state index contributed by atoms with van der Waals surface area (Å²) in [7, 11) is 0. The lowest BCUT2D eigenvalue weighted by Gasteiger charge is -2.36. The van der Waals surface area contributed by atoms with E-state index in [1.807, 2.05) is 13.8 Å². The number of nitrogens with two attached hydrogens (primary N) is 1. The number of rotatable bonds is 3. The van der Waals surface area contributed by atoms with E-state index in [0.717, 1.165) is 43.5 Å². The Bertz CT molecular complexity index is 815. The zero-order valence-electron chi connectivity index (χ0n) is 16.8. The molecule has 0 aromatic heterocycles.